The second kappa shape index (κ2) is 4.94. The van der Waals surface area contributed by atoms with Crippen LogP contribution in [0.15, 0.2) is 18.2 Å². The zero-order chi connectivity index (χ0) is 18.3. The van der Waals surface area contributed by atoms with E-state index in [1.165, 1.54) is 6.07 Å². The van der Waals surface area contributed by atoms with Gasteiger partial charge in [-0.15, -0.1) is 0 Å². The van der Waals surface area contributed by atoms with Crippen LogP contribution in [0.5, 0.6) is 0 Å². The zero-order valence-corrected chi connectivity index (χ0v) is 15.0. The Labute approximate surface area is 146 Å². The van der Waals surface area contributed by atoms with Gasteiger partial charge < -0.3 is 14.2 Å². The average molecular weight is 353 g/mol. The maximum Gasteiger partial charge on any atom is 0.494 e. The molecule has 3 nitrogen and oxygen atoms in total. The number of hydrogen-bond acceptors (Lipinski definition) is 3. The highest BCUT2D eigenvalue weighted by Crippen LogP contribution is 2.57. The van der Waals surface area contributed by atoms with Crippen LogP contribution >= 0.6 is 0 Å². The third-order valence-electron chi connectivity index (χ3n) is 6.16. The highest BCUT2D eigenvalue weighted by atomic mass is 19.3. The van der Waals surface area contributed by atoms with E-state index < -0.39 is 24.2 Å². The van der Waals surface area contributed by atoms with Crippen LogP contribution in [-0.2, 0) is 9.31 Å². The van der Waals surface area contributed by atoms with Gasteiger partial charge >= 0.3 is 7.12 Å². The van der Waals surface area contributed by atoms with Crippen LogP contribution in [0.2, 0.25) is 0 Å². The molecular weight excluding hydrogens is 330 g/mol. The molecule has 2 heterocycles. The van der Waals surface area contributed by atoms with E-state index in [1.807, 2.05) is 32.6 Å². The van der Waals surface area contributed by atoms with Crippen LogP contribution in [0.25, 0.3) is 0 Å². The molecule has 3 aliphatic rings. The molecule has 0 atom stereocenters. The first-order chi connectivity index (χ1) is 11.4. The molecule has 7 heteroatoms. The molecule has 25 heavy (non-hydrogen) atoms. The molecule has 0 N–H and O–H groups in total. The van der Waals surface area contributed by atoms with Gasteiger partial charge in [-0.05, 0) is 45.3 Å². The molecule has 0 aromatic heterocycles. The minimum absolute atomic E-state index is 0.0792. The molecule has 1 spiro atoms. The van der Waals surface area contributed by atoms with E-state index in [-0.39, 0.29) is 24.1 Å². The second-order valence-electron chi connectivity index (χ2n) is 8.86. The van der Waals surface area contributed by atoms with Gasteiger partial charge in [0.1, 0.15) is 5.82 Å². The van der Waals surface area contributed by atoms with Crippen molar-refractivity contribution in [2.24, 2.45) is 5.41 Å². The summed E-state index contributed by atoms with van der Waals surface area (Å²) in [7, 11) is -0.610. The Hall–Kier alpha value is -1.21. The Morgan fingerprint density at radius 2 is 1.56 bits per heavy atom. The average Bonchev–Trinajstić information content (AvgIpc) is 2.62. The molecule has 3 fully saturated rings. The molecule has 136 valence electrons. The third-order valence-corrected chi connectivity index (χ3v) is 6.16. The van der Waals surface area contributed by atoms with Gasteiger partial charge in [0.05, 0.1) is 16.9 Å². The van der Waals surface area contributed by atoms with E-state index in [0.717, 1.165) is 0 Å². The summed E-state index contributed by atoms with van der Waals surface area (Å²) in [5.41, 5.74) is -0.190. The minimum Gasteiger partial charge on any atom is -0.399 e. The van der Waals surface area contributed by atoms with Gasteiger partial charge in [0, 0.05) is 31.3 Å². The van der Waals surface area contributed by atoms with E-state index in [2.05, 4.69) is 0 Å². The van der Waals surface area contributed by atoms with Gasteiger partial charge in [-0.2, -0.15) is 0 Å². The fourth-order valence-electron chi connectivity index (χ4n) is 4.11. The topological polar surface area (TPSA) is 21.7 Å². The first kappa shape index (κ1) is 17.2. The molecule has 0 amide bonds. The van der Waals surface area contributed by atoms with Crippen molar-refractivity contribution in [3.63, 3.8) is 0 Å². The molecule has 0 bridgehead atoms. The molecule has 2 aliphatic heterocycles. The quantitative estimate of drug-likeness (QED) is 0.761. The van der Waals surface area contributed by atoms with Crippen LogP contribution in [0.4, 0.5) is 18.9 Å². The van der Waals surface area contributed by atoms with Crippen LogP contribution in [0, 0.1) is 11.2 Å². The first-order valence-electron chi connectivity index (χ1n) is 8.70. The van der Waals surface area contributed by atoms with Gasteiger partial charge in [0.25, 0.3) is 0 Å². The lowest BCUT2D eigenvalue weighted by atomic mass is 9.61. The van der Waals surface area contributed by atoms with Crippen LogP contribution in [-0.4, -0.2) is 37.3 Å². The van der Waals surface area contributed by atoms with Crippen molar-refractivity contribution in [1.29, 1.82) is 0 Å². The minimum atomic E-state index is -2.54. The number of benzene rings is 1. The molecule has 4 rings (SSSR count). The van der Waals surface area contributed by atoms with Crippen molar-refractivity contribution in [1.82, 2.24) is 0 Å². The van der Waals surface area contributed by atoms with E-state index in [0.29, 0.717) is 24.2 Å². The van der Waals surface area contributed by atoms with Crippen molar-refractivity contribution in [3.8, 4) is 0 Å². The lowest BCUT2D eigenvalue weighted by Crippen LogP contribution is -2.66. The number of rotatable bonds is 2. The maximum absolute atomic E-state index is 14.6. The fraction of sp³-hybridized carbons (Fsp3) is 0.667. The summed E-state index contributed by atoms with van der Waals surface area (Å²) in [6.45, 7) is 8.79. The number of halogens is 3. The molecule has 1 aromatic carbocycles. The van der Waals surface area contributed by atoms with Gasteiger partial charge in [0.2, 0.25) is 5.92 Å². The third kappa shape index (κ3) is 2.67. The summed E-state index contributed by atoms with van der Waals surface area (Å²) < 4.78 is 52.7. The number of alkyl halides is 2. The second-order valence-corrected chi connectivity index (χ2v) is 8.86. The van der Waals surface area contributed by atoms with Crippen molar-refractivity contribution in [3.05, 3.63) is 24.0 Å². The molecule has 1 saturated carbocycles. The lowest BCUT2D eigenvalue weighted by Gasteiger charge is -2.59. The Morgan fingerprint density at radius 1 is 1.00 bits per heavy atom. The number of anilines is 1. The monoisotopic (exact) mass is 353 g/mol. The smallest absolute Gasteiger partial charge is 0.399 e. The summed E-state index contributed by atoms with van der Waals surface area (Å²) >= 11 is 0. The molecule has 1 aromatic rings. The first-order valence-corrected chi connectivity index (χ1v) is 8.70. The van der Waals surface area contributed by atoms with Crippen molar-refractivity contribution in [2.75, 3.05) is 18.0 Å². The molecule has 1 aliphatic carbocycles. The largest absolute Gasteiger partial charge is 0.494 e. The highest BCUT2D eigenvalue weighted by Gasteiger charge is 2.62. The van der Waals surface area contributed by atoms with E-state index in [1.54, 1.807) is 12.1 Å². The summed E-state index contributed by atoms with van der Waals surface area (Å²) in [6.07, 6.45) is -0.158. The molecular formula is C18H23BF3NO2. The van der Waals surface area contributed by atoms with Crippen molar-refractivity contribution < 1.29 is 22.5 Å². The number of nitrogens with zero attached hydrogens (tertiary/aromatic N) is 1. The van der Waals surface area contributed by atoms with E-state index in [9.17, 15) is 13.2 Å². The molecule has 2 saturated heterocycles. The summed E-state index contributed by atoms with van der Waals surface area (Å²) in [5, 5.41) is 0. The van der Waals surface area contributed by atoms with E-state index in [4.69, 9.17) is 9.31 Å². The Bertz CT molecular complexity index is 690. The fourth-order valence-corrected chi connectivity index (χ4v) is 4.11. The summed E-state index contributed by atoms with van der Waals surface area (Å²) in [5.74, 6) is -2.90. The maximum atomic E-state index is 14.6. The van der Waals surface area contributed by atoms with Crippen LogP contribution in [0.3, 0.4) is 0 Å². The predicted octanol–water partition coefficient (Wildman–Crippen LogP) is 3.36. The lowest BCUT2D eigenvalue weighted by molar-refractivity contribution is -0.170. The van der Waals surface area contributed by atoms with Gasteiger partial charge in [0.15, 0.2) is 0 Å². The Morgan fingerprint density at radius 3 is 2.04 bits per heavy atom. The Balaban J connectivity index is 1.46. The normalized spacial score (nSPS) is 28.0. The van der Waals surface area contributed by atoms with Crippen LogP contribution < -0.4 is 10.4 Å². The highest BCUT2D eigenvalue weighted by molar-refractivity contribution is 6.62. The summed E-state index contributed by atoms with van der Waals surface area (Å²) in [4.78, 5) is 1.83. The van der Waals surface area contributed by atoms with Crippen molar-refractivity contribution in [2.45, 2.75) is 57.7 Å². The Kier molecular flexibility index (Phi) is 3.41. The van der Waals surface area contributed by atoms with Crippen molar-refractivity contribution >= 4 is 18.3 Å². The van der Waals surface area contributed by atoms with Gasteiger partial charge in [-0.1, -0.05) is 6.07 Å². The summed E-state index contributed by atoms with van der Waals surface area (Å²) in [6, 6.07) is 4.91. The SMILES string of the molecule is CC1(C)OB(c2ccc(N3CC4(C3)CC(F)(F)C4)c(F)c2)OC1(C)C. The van der Waals surface area contributed by atoms with Gasteiger partial charge in [-0.3, -0.25) is 0 Å². The standard InChI is InChI=1S/C18H23BF3NO2/c1-15(2)16(3,4)25-19(24-15)12-5-6-14(13(20)7-12)23-10-17(11-23)8-18(21,22)9-17/h5-7H,8-11H2,1-4H3. The molecule has 0 unspecified atom stereocenters. The number of hydrogen-bond donors (Lipinski definition) is 0. The van der Waals surface area contributed by atoms with Crippen LogP contribution in [0.1, 0.15) is 40.5 Å². The van der Waals surface area contributed by atoms with Gasteiger partial charge in [-0.25, -0.2) is 13.2 Å². The predicted molar refractivity (Wildman–Crippen MR) is 90.9 cm³/mol. The van der Waals surface area contributed by atoms with E-state index >= 15 is 0 Å². The zero-order valence-electron chi connectivity index (χ0n) is 15.0. The molecule has 0 radical (unpaired) electrons.